The van der Waals surface area contributed by atoms with Gasteiger partial charge in [0, 0.05) is 11.6 Å². The SMILES string of the molecule is CCCOc1ccc(CNc2ccc(Cl)cc2Cl)cc1Cl. The molecule has 0 spiro atoms. The Morgan fingerprint density at radius 2 is 1.81 bits per heavy atom. The summed E-state index contributed by atoms with van der Waals surface area (Å²) in [6.45, 7) is 3.34. The van der Waals surface area contributed by atoms with E-state index in [1.807, 2.05) is 24.3 Å². The third-order valence-electron chi connectivity index (χ3n) is 2.87. The van der Waals surface area contributed by atoms with E-state index in [1.165, 1.54) is 0 Å². The molecule has 0 aliphatic carbocycles. The van der Waals surface area contributed by atoms with E-state index in [0.717, 1.165) is 17.7 Å². The Kier molecular flexibility index (Phi) is 6.04. The van der Waals surface area contributed by atoms with Crippen LogP contribution in [0.3, 0.4) is 0 Å². The number of ether oxygens (including phenoxy) is 1. The van der Waals surface area contributed by atoms with E-state index >= 15 is 0 Å². The molecular formula is C16H16Cl3NO. The smallest absolute Gasteiger partial charge is 0.137 e. The van der Waals surface area contributed by atoms with Crippen LogP contribution in [0.4, 0.5) is 5.69 Å². The van der Waals surface area contributed by atoms with Gasteiger partial charge in [-0.3, -0.25) is 0 Å². The predicted molar refractivity (Wildman–Crippen MR) is 91.0 cm³/mol. The largest absolute Gasteiger partial charge is 0.492 e. The second-order valence-electron chi connectivity index (χ2n) is 4.59. The summed E-state index contributed by atoms with van der Waals surface area (Å²) in [5.74, 6) is 0.715. The molecule has 21 heavy (non-hydrogen) atoms. The Morgan fingerprint density at radius 3 is 2.48 bits per heavy atom. The molecule has 2 aromatic rings. The molecule has 0 saturated carbocycles. The van der Waals surface area contributed by atoms with Crippen LogP contribution in [0.15, 0.2) is 36.4 Å². The zero-order valence-electron chi connectivity index (χ0n) is 11.6. The number of rotatable bonds is 6. The molecule has 0 aliphatic heterocycles. The topological polar surface area (TPSA) is 21.3 Å². The fourth-order valence-electron chi connectivity index (χ4n) is 1.81. The van der Waals surface area contributed by atoms with Crippen molar-refractivity contribution < 1.29 is 4.74 Å². The van der Waals surface area contributed by atoms with Crippen molar-refractivity contribution >= 4 is 40.5 Å². The quantitative estimate of drug-likeness (QED) is 0.689. The van der Waals surface area contributed by atoms with Gasteiger partial charge in [-0.25, -0.2) is 0 Å². The zero-order chi connectivity index (χ0) is 15.2. The molecule has 0 fully saturated rings. The van der Waals surface area contributed by atoms with E-state index in [4.69, 9.17) is 39.5 Å². The van der Waals surface area contributed by atoms with Gasteiger partial charge in [0.2, 0.25) is 0 Å². The van der Waals surface area contributed by atoms with E-state index in [1.54, 1.807) is 12.1 Å². The maximum Gasteiger partial charge on any atom is 0.137 e. The van der Waals surface area contributed by atoms with Crippen LogP contribution >= 0.6 is 34.8 Å². The highest BCUT2D eigenvalue weighted by Crippen LogP contribution is 2.28. The molecule has 2 aromatic carbocycles. The van der Waals surface area contributed by atoms with E-state index < -0.39 is 0 Å². The predicted octanol–water partition coefficient (Wildman–Crippen LogP) is 6.05. The van der Waals surface area contributed by atoms with E-state index in [9.17, 15) is 0 Å². The molecule has 0 radical (unpaired) electrons. The number of halogens is 3. The van der Waals surface area contributed by atoms with Crippen LogP contribution in [0.2, 0.25) is 15.1 Å². The van der Waals surface area contributed by atoms with Crippen LogP contribution in [-0.2, 0) is 6.54 Å². The van der Waals surface area contributed by atoms with Crippen molar-refractivity contribution in [3.8, 4) is 5.75 Å². The van der Waals surface area contributed by atoms with Gasteiger partial charge in [-0.1, -0.05) is 47.8 Å². The van der Waals surface area contributed by atoms with Gasteiger partial charge in [0.05, 0.1) is 22.3 Å². The third-order valence-corrected chi connectivity index (χ3v) is 3.72. The monoisotopic (exact) mass is 343 g/mol. The van der Waals surface area contributed by atoms with Crippen molar-refractivity contribution in [1.82, 2.24) is 0 Å². The summed E-state index contributed by atoms with van der Waals surface area (Å²) in [7, 11) is 0. The minimum absolute atomic E-state index is 0.594. The lowest BCUT2D eigenvalue weighted by Gasteiger charge is -2.11. The number of anilines is 1. The Hall–Kier alpha value is -1.09. The van der Waals surface area contributed by atoms with Crippen LogP contribution in [0.5, 0.6) is 5.75 Å². The maximum absolute atomic E-state index is 6.20. The van der Waals surface area contributed by atoms with Crippen molar-refractivity contribution in [2.45, 2.75) is 19.9 Å². The van der Waals surface area contributed by atoms with E-state index in [-0.39, 0.29) is 0 Å². The second-order valence-corrected chi connectivity index (χ2v) is 5.84. The highest BCUT2D eigenvalue weighted by atomic mass is 35.5. The highest BCUT2D eigenvalue weighted by Gasteiger charge is 2.05. The lowest BCUT2D eigenvalue weighted by molar-refractivity contribution is 0.317. The first-order valence-corrected chi connectivity index (χ1v) is 7.83. The van der Waals surface area contributed by atoms with Crippen molar-refractivity contribution in [2.24, 2.45) is 0 Å². The summed E-state index contributed by atoms with van der Waals surface area (Å²) in [5.41, 5.74) is 1.89. The van der Waals surface area contributed by atoms with Gasteiger partial charge < -0.3 is 10.1 Å². The summed E-state index contributed by atoms with van der Waals surface area (Å²) in [6, 6.07) is 11.1. The summed E-state index contributed by atoms with van der Waals surface area (Å²) < 4.78 is 5.55. The normalized spacial score (nSPS) is 10.5. The molecule has 0 aliphatic rings. The molecule has 0 bridgehead atoms. The number of hydrogen-bond acceptors (Lipinski definition) is 2. The molecular weight excluding hydrogens is 329 g/mol. The van der Waals surface area contributed by atoms with E-state index in [2.05, 4.69) is 12.2 Å². The van der Waals surface area contributed by atoms with Crippen LogP contribution in [0, 0.1) is 0 Å². The third kappa shape index (κ3) is 4.70. The van der Waals surface area contributed by atoms with Gasteiger partial charge in [-0.15, -0.1) is 0 Å². The molecule has 0 heterocycles. The first kappa shape index (κ1) is 16.3. The first-order chi connectivity index (χ1) is 10.1. The van der Waals surface area contributed by atoms with Gasteiger partial charge in [0.25, 0.3) is 0 Å². The molecule has 5 heteroatoms. The second kappa shape index (κ2) is 7.79. The Labute approximate surface area is 140 Å². The van der Waals surface area contributed by atoms with Gasteiger partial charge in [0.15, 0.2) is 0 Å². The molecule has 0 aromatic heterocycles. The molecule has 0 unspecified atom stereocenters. The fraction of sp³-hybridized carbons (Fsp3) is 0.250. The first-order valence-electron chi connectivity index (χ1n) is 6.70. The molecule has 1 N–H and O–H groups in total. The number of nitrogens with one attached hydrogen (secondary N) is 1. The summed E-state index contributed by atoms with van der Waals surface area (Å²) >= 11 is 18.2. The van der Waals surface area contributed by atoms with Gasteiger partial charge in [0.1, 0.15) is 5.75 Å². The highest BCUT2D eigenvalue weighted by molar-refractivity contribution is 6.36. The van der Waals surface area contributed by atoms with Crippen molar-refractivity contribution in [3.05, 3.63) is 57.0 Å². The number of benzene rings is 2. The van der Waals surface area contributed by atoms with Gasteiger partial charge in [-0.05, 0) is 42.3 Å². The molecule has 2 rings (SSSR count). The lowest BCUT2D eigenvalue weighted by Crippen LogP contribution is -2.01. The average Bonchev–Trinajstić information content (AvgIpc) is 2.45. The van der Waals surface area contributed by atoms with E-state index in [0.29, 0.717) is 34.0 Å². The van der Waals surface area contributed by atoms with Gasteiger partial charge in [-0.2, -0.15) is 0 Å². The molecule has 0 atom stereocenters. The van der Waals surface area contributed by atoms with Crippen molar-refractivity contribution in [3.63, 3.8) is 0 Å². The minimum atomic E-state index is 0.594. The van der Waals surface area contributed by atoms with Crippen LogP contribution in [-0.4, -0.2) is 6.61 Å². The van der Waals surface area contributed by atoms with Crippen LogP contribution in [0.1, 0.15) is 18.9 Å². The van der Waals surface area contributed by atoms with Crippen molar-refractivity contribution in [2.75, 3.05) is 11.9 Å². The molecule has 0 amide bonds. The zero-order valence-corrected chi connectivity index (χ0v) is 13.9. The van der Waals surface area contributed by atoms with Crippen LogP contribution < -0.4 is 10.1 Å². The van der Waals surface area contributed by atoms with Crippen LogP contribution in [0.25, 0.3) is 0 Å². The standard InChI is InChI=1S/C16H16Cl3NO/c1-2-7-21-16-6-3-11(8-14(16)19)10-20-15-5-4-12(17)9-13(15)18/h3-6,8-9,20H,2,7,10H2,1H3. The fourth-order valence-corrected chi connectivity index (χ4v) is 2.55. The Bertz CT molecular complexity index is 616. The summed E-state index contributed by atoms with van der Waals surface area (Å²) in [4.78, 5) is 0. The summed E-state index contributed by atoms with van der Waals surface area (Å²) in [5, 5.41) is 5.08. The lowest BCUT2D eigenvalue weighted by atomic mass is 10.2. The Morgan fingerprint density at radius 1 is 1.00 bits per heavy atom. The average molecular weight is 345 g/mol. The minimum Gasteiger partial charge on any atom is -0.492 e. The molecule has 2 nitrogen and oxygen atoms in total. The molecule has 112 valence electrons. The summed E-state index contributed by atoms with van der Waals surface area (Å²) in [6.07, 6.45) is 0.953. The Balaban J connectivity index is 2.01. The van der Waals surface area contributed by atoms with Gasteiger partial charge >= 0.3 is 0 Å². The maximum atomic E-state index is 6.20. The molecule has 0 saturated heterocycles. The van der Waals surface area contributed by atoms with Crippen molar-refractivity contribution in [1.29, 1.82) is 0 Å². The number of hydrogen-bond donors (Lipinski definition) is 1.